The van der Waals surface area contributed by atoms with Crippen molar-refractivity contribution in [1.82, 2.24) is 15.2 Å². The number of hydrogen-bond acceptors (Lipinski definition) is 4. The number of rotatable bonds is 6. The second-order valence-electron chi connectivity index (χ2n) is 7.65. The third kappa shape index (κ3) is 6.76. The van der Waals surface area contributed by atoms with Gasteiger partial charge < -0.3 is 19.9 Å². The van der Waals surface area contributed by atoms with E-state index in [0.717, 1.165) is 56.7 Å². The van der Waals surface area contributed by atoms with Crippen molar-refractivity contribution in [2.24, 2.45) is 10.9 Å². The first-order valence-corrected chi connectivity index (χ1v) is 10.5. The number of hydrogen-bond donors (Lipinski definition) is 1. The Bertz CT molecular complexity index is 587. The molecular weight excluding hydrogens is 465 g/mol. The molecule has 158 valence electrons. The minimum atomic E-state index is 0. The highest BCUT2D eigenvalue weighted by Crippen LogP contribution is 2.19. The van der Waals surface area contributed by atoms with E-state index in [-0.39, 0.29) is 24.0 Å². The van der Waals surface area contributed by atoms with Crippen LogP contribution in [0.3, 0.4) is 0 Å². The summed E-state index contributed by atoms with van der Waals surface area (Å²) in [6.45, 7) is 8.84. The molecule has 0 aliphatic carbocycles. The number of aliphatic imine (C=N–C) groups is 1. The van der Waals surface area contributed by atoms with Crippen LogP contribution in [0.4, 0.5) is 5.82 Å². The number of methoxy groups -OCH3 is 1. The number of aromatic nitrogens is 1. The van der Waals surface area contributed by atoms with Crippen molar-refractivity contribution in [3.63, 3.8) is 0 Å². The maximum atomic E-state index is 5.31. The third-order valence-electron chi connectivity index (χ3n) is 5.47. The number of guanidine groups is 1. The molecule has 7 heteroatoms. The van der Waals surface area contributed by atoms with Crippen molar-refractivity contribution in [3.8, 4) is 0 Å². The molecule has 1 N–H and O–H groups in total. The Kier molecular flexibility index (Phi) is 10.3. The van der Waals surface area contributed by atoms with Gasteiger partial charge in [0.1, 0.15) is 5.82 Å². The number of halogens is 1. The molecule has 2 fully saturated rings. The number of nitrogens with one attached hydrogen (secondary N) is 1. The van der Waals surface area contributed by atoms with Gasteiger partial charge in [-0.25, -0.2) is 9.98 Å². The Hall–Kier alpha value is -1.09. The van der Waals surface area contributed by atoms with Crippen LogP contribution in [0.1, 0.15) is 44.6 Å². The molecule has 3 rings (SSSR count). The van der Waals surface area contributed by atoms with Gasteiger partial charge in [-0.05, 0) is 37.8 Å². The van der Waals surface area contributed by atoms with Crippen molar-refractivity contribution in [1.29, 1.82) is 0 Å². The molecule has 2 aliphatic rings. The largest absolute Gasteiger partial charge is 0.384 e. The number of nitrogens with zero attached hydrogens (tertiary/aromatic N) is 4. The predicted molar refractivity (Wildman–Crippen MR) is 127 cm³/mol. The van der Waals surface area contributed by atoms with Crippen molar-refractivity contribution < 1.29 is 4.74 Å². The summed E-state index contributed by atoms with van der Waals surface area (Å²) in [6.07, 6.45) is 8.41. The highest BCUT2D eigenvalue weighted by atomic mass is 127. The number of ether oxygens (including phenoxy) is 1. The maximum Gasteiger partial charge on any atom is 0.194 e. The highest BCUT2D eigenvalue weighted by Gasteiger charge is 2.24. The SMILES string of the molecule is CCNC(=NCc1ccc(N2CCCCCC2)nc1)N1CCC(COC)C1.I. The quantitative estimate of drug-likeness (QED) is 0.368. The molecular formula is C21H36IN5O. The lowest BCUT2D eigenvalue weighted by atomic mass is 10.1. The van der Waals surface area contributed by atoms with Crippen molar-refractivity contribution >= 4 is 35.8 Å². The molecule has 0 saturated carbocycles. The van der Waals surface area contributed by atoms with Crippen LogP contribution in [0.25, 0.3) is 0 Å². The summed E-state index contributed by atoms with van der Waals surface area (Å²) >= 11 is 0. The van der Waals surface area contributed by atoms with Crippen LogP contribution in [0.15, 0.2) is 23.3 Å². The summed E-state index contributed by atoms with van der Waals surface area (Å²) in [7, 11) is 1.78. The van der Waals surface area contributed by atoms with Crippen LogP contribution >= 0.6 is 24.0 Å². The summed E-state index contributed by atoms with van der Waals surface area (Å²) < 4.78 is 5.31. The van der Waals surface area contributed by atoms with Gasteiger partial charge in [0.05, 0.1) is 13.2 Å². The molecule has 2 saturated heterocycles. The zero-order valence-corrected chi connectivity index (χ0v) is 19.7. The lowest BCUT2D eigenvalue weighted by Crippen LogP contribution is -2.40. The van der Waals surface area contributed by atoms with Crippen molar-refractivity contribution in [2.45, 2.75) is 45.6 Å². The Balaban J connectivity index is 0.00000280. The zero-order chi connectivity index (χ0) is 18.9. The van der Waals surface area contributed by atoms with Gasteiger partial charge in [0.25, 0.3) is 0 Å². The standard InChI is InChI=1S/C21H35N5O.HI/c1-3-22-21(26-13-10-19(16-26)17-27-2)24-15-18-8-9-20(23-14-18)25-11-6-4-5-7-12-25;/h8-9,14,19H,3-7,10-13,15-17H2,1-2H3,(H,22,24);1H. The van der Waals surface area contributed by atoms with E-state index in [0.29, 0.717) is 12.5 Å². The molecule has 6 nitrogen and oxygen atoms in total. The second-order valence-corrected chi connectivity index (χ2v) is 7.65. The average Bonchev–Trinajstić information content (AvgIpc) is 2.98. The van der Waals surface area contributed by atoms with Crippen LogP contribution in [-0.4, -0.2) is 62.3 Å². The molecule has 0 bridgehead atoms. The molecule has 3 heterocycles. The normalized spacial score (nSPS) is 20.6. The van der Waals surface area contributed by atoms with Crippen molar-refractivity contribution in [3.05, 3.63) is 23.9 Å². The summed E-state index contributed by atoms with van der Waals surface area (Å²) in [5.74, 6) is 2.72. The fourth-order valence-corrected chi connectivity index (χ4v) is 3.99. The van der Waals surface area contributed by atoms with Gasteiger partial charge in [0, 0.05) is 51.9 Å². The molecule has 2 aliphatic heterocycles. The Labute approximate surface area is 187 Å². The van der Waals surface area contributed by atoms with E-state index in [1.54, 1.807) is 7.11 Å². The smallest absolute Gasteiger partial charge is 0.194 e. The fourth-order valence-electron chi connectivity index (χ4n) is 3.99. The molecule has 1 atom stereocenters. The van der Waals surface area contributed by atoms with Gasteiger partial charge in [0.2, 0.25) is 0 Å². The minimum Gasteiger partial charge on any atom is -0.384 e. The van der Waals surface area contributed by atoms with Gasteiger partial charge in [-0.2, -0.15) is 0 Å². The predicted octanol–water partition coefficient (Wildman–Crippen LogP) is 3.51. The average molecular weight is 501 g/mol. The zero-order valence-electron chi connectivity index (χ0n) is 17.4. The van der Waals surface area contributed by atoms with Crippen LogP contribution in [0, 0.1) is 5.92 Å². The summed E-state index contributed by atoms with van der Waals surface area (Å²) in [4.78, 5) is 14.3. The Morgan fingerprint density at radius 1 is 1.21 bits per heavy atom. The molecule has 1 aromatic heterocycles. The van der Waals surface area contributed by atoms with E-state index < -0.39 is 0 Å². The van der Waals surface area contributed by atoms with Crippen LogP contribution < -0.4 is 10.2 Å². The Morgan fingerprint density at radius 2 is 2.00 bits per heavy atom. The Morgan fingerprint density at radius 3 is 2.64 bits per heavy atom. The molecule has 0 radical (unpaired) electrons. The van der Waals surface area contributed by atoms with Gasteiger partial charge in [0.15, 0.2) is 5.96 Å². The van der Waals surface area contributed by atoms with Gasteiger partial charge >= 0.3 is 0 Å². The van der Waals surface area contributed by atoms with Crippen LogP contribution in [0.5, 0.6) is 0 Å². The summed E-state index contributed by atoms with van der Waals surface area (Å²) in [6, 6.07) is 4.34. The lowest BCUT2D eigenvalue weighted by molar-refractivity contribution is 0.157. The molecule has 28 heavy (non-hydrogen) atoms. The number of likely N-dealkylation sites (tertiary alicyclic amines) is 1. The first kappa shape index (κ1) is 23.2. The first-order valence-electron chi connectivity index (χ1n) is 10.5. The molecule has 1 aromatic rings. The topological polar surface area (TPSA) is 53.0 Å². The van der Waals surface area contributed by atoms with E-state index in [1.165, 1.54) is 32.1 Å². The van der Waals surface area contributed by atoms with E-state index >= 15 is 0 Å². The van der Waals surface area contributed by atoms with Gasteiger partial charge in [-0.3, -0.25) is 0 Å². The van der Waals surface area contributed by atoms with Crippen LogP contribution in [0.2, 0.25) is 0 Å². The van der Waals surface area contributed by atoms with E-state index in [2.05, 4.69) is 34.2 Å². The maximum absolute atomic E-state index is 5.31. The summed E-state index contributed by atoms with van der Waals surface area (Å²) in [5.41, 5.74) is 1.16. The number of pyridine rings is 1. The first-order chi connectivity index (χ1) is 13.3. The number of anilines is 1. The molecule has 0 aromatic carbocycles. The van der Waals surface area contributed by atoms with Gasteiger partial charge in [-0.1, -0.05) is 18.9 Å². The highest BCUT2D eigenvalue weighted by molar-refractivity contribution is 14.0. The van der Waals surface area contributed by atoms with E-state index in [9.17, 15) is 0 Å². The third-order valence-corrected chi connectivity index (χ3v) is 5.47. The molecule has 0 spiro atoms. The van der Waals surface area contributed by atoms with Gasteiger partial charge in [-0.15, -0.1) is 24.0 Å². The minimum absolute atomic E-state index is 0. The lowest BCUT2D eigenvalue weighted by Gasteiger charge is -2.22. The van der Waals surface area contributed by atoms with Crippen molar-refractivity contribution in [2.75, 3.05) is 51.3 Å². The van der Waals surface area contributed by atoms with Crippen LogP contribution in [-0.2, 0) is 11.3 Å². The van der Waals surface area contributed by atoms with E-state index in [4.69, 9.17) is 14.7 Å². The van der Waals surface area contributed by atoms with E-state index in [1.807, 2.05) is 6.20 Å². The summed E-state index contributed by atoms with van der Waals surface area (Å²) in [5, 5.41) is 3.43. The molecule has 1 unspecified atom stereocenters. The monoisotopic (exact) mass is 501 g/mol. The second kappa shape index (κ2) is 12.5. The fraction of sp³-hybridized carbons (Fsp3) is 0.714. The molecule has 0 amide bonds.